The van der Waals surface area contributed by atoms with E-state index < -0.39 is 0 Å². The van der Waals surface area contributed by atoms with E-state index in [0.29, 0.717) is 18.7 Å². The van der Waals surface area contributed by atoms with Gasteiger partial charge in [-0.1, -0.05) is 0 Å². The molecule has 0 N–H and O–H groups in total. The molecule has 0 unspecified atom stereocenters. The second kappa shape index (κ2) is 7.60. The molecule has 0 aromatic carbocycles. The lowest BCUT2D eigenvalue weighted by atomic mass is 9.97. The molecule has 0 atom stereocenters. The summed E-state index contributed by atoms with van der Waals surface area (Å²) in [4.78, 5) is 22.6. The van der Waals surface area contributed by atoms with Crippen LogP contribution >= 0.6 is 11.3 Å². The van der Waals surface area contributed by atoms with Crippen molar-refractivity contribution in [3.8, 4) is 17.3 Å². The van der Waals surface area contributed by atoms with E-state index >= 15 is 0 Å². The highest BCUT2D eigenvalue weighted by Crippen LogP contribution is 2.33. The first-order chi connectivity index (χ1) is 13.9. The monoisotopic (exact) mass is 407 g/mol. The molecule has 0 bridgehead atoms. The topological polar surface area (TPSA) is 74.8 Å². The first-order valence-electron chi connectivity index (χ1n) is 10.0. The molecule has 0 radical (unpaired) electrons. The van der Waals surface area contributed by atoms with Crippen LogP contribution in [0.4, 0.5) is 0 Å². The number of amides is 1. The van der Waals surface area contributed by atoms with Crippen molar-refractivity contribution in [1.82, 2.24) is 19.7 Å². The van der Waals surface area contributed by atoms with Crippen LogP contribution in [0.15, 0.2) is 18.3 Å². The van der Waals surface area contributed by atoms with Crippen molar-refractivity contribution in [2.45, 2.75) is 46.6 Å². The Morgan fingerprint density at radius 2 is 2.00 bits per heavy atom. The summed E-state index contributed by atoms with van der Waals surface area (Å²) in [5, 5.41) is 14.5. The molecule has 0 aliphatic carbocycles. The van der Waals surface area contributed by atoms with E-state index in [0.717, 1.165) is 35.1 Å². The Hall–Kier alpha value is -2.72. The molecule has 6 nitrogen and oxygen atoms in total. The number of piperidine rings is 1. The van der Waals surface area contributed by atoms with Crippen molar-refractivity contribution in [3.63, 3.8) is 0 Å². The number of likely N-dealkylation sites (tertiary alicyclic amines) is 1. The number of carbonyl (C=O) groups excluding carboxylic acids is 1. The minimum atomic E-state index is 0.00273. The van der Waals surface area contributed by atoms with Gasteiger partial charge in [0.15, 0.2) is 5.65 Å². The molecule has 150 valence electrons. The first kappa shape index (κ1) is 19.6. The van der Waals surface area contributed by atoms with Gasteiger partial charge in [0.1, 0.15) is 0 Å². The van der Waals surface area contributed by atoms with Crippen molar-refractivity contribution >= 4 is 28.3 Å². The lowest BCUT2D eigenvalue weighted by Gasteiger charge is -2.29. The summed E-state index contributed by atoms with van der Waals surface area (Å²) >= 11 is 1.74. The predicted octanol–water partition coefficient (Wildman–Crippen LogP) is 4.73. The van der Waals surface area contributed by atoms with Gasteiger partial charge in [0.2, 0.25) is 0 Å². The van der Waals surface area contributed by atoms with Crippen LogP contribution in [0.25, 0.3) is 22.3 Å². The van der Waals surface area contributed by atoms with Gasteiger partial charge in [0, 0.05) is 40.4 Å². The van der Waals surface area contributed by atoms with Gasteiger partial charge < -0.3 is 4.90 Å². The van der Waals surface area contributed by atoms with E-state index in [4.69, 9.17) is 10.2 Å². The lowest BCUT2D eigenvalue weighted by Crippen LogP contribution is -2.38. The molecule has 4 rings (SSSR count). The fraction of sp³-hybridized carbons (Fsp3) is 0.455. The summed E-state index contributed by atoms with van der Waals surface area (Å²) in [7, 11) is 0. The summed E-state index contributed by atoms with van der Waals surface area (Å²) < 4.78 is 1.88. The zero-order valence-electron chi connectivity index (χ0n) is 17.3. The van der Waals surface area contributed by atoms with Gasteiger partial charge in [0.05, 0.1) is 28.9 Å². The zero-order valence-corrected chi connectivity index (χ0v) is 18.1. The molecule has 7 heteroatoms. The molecule has 1 aliphatic heterocycles. The standard InChI is InChI=1S/C22H25N5OS/c1-13(2)27-21-19(12-24-27)18(22(28)26-7-5-16(11-23)6-8-26)10-20(25-21)17-9-14(3)29-15(17)4/h9-10,12-13,16H,5-8H2,1-4H3. The average molecular weight is 408 g/mol. The SMILES string of the molecule is Cc1cc(-c2cc(C(=O)N3CCC(C#N)CC3)c3cnn(C(C)C)c3n2)c(C)s1. The van der Waals surface area contributed by atoms with Crippen molar-refractivity contribution in [2.75, 3.05) is 13.1 Å². The number of thiophene rings is 1. The maximum Gasteiger partial charge on any atom is 0.254 e. The number of carbonyl (C=O) groups is 1. The molecule has 1 amide bonds. The third-order valence-electron chi connectivity index (χ3n) is 5.57. The summed E-state index contributed by atoms with van der Waals surface area (Å²) in [5.74, 6) is 0.0511. The molecule has 1 saturated heterocycles. The molecule has 1 aliphatic rings. The molecule has 1 fully saturated rings. The minimum absolute atomic E-state index is 0.00273. The maximum absolute atomic E-state index is 13.4. The van der Waals surface area contributed by atoms with Gasteiger partial charge in [-0.25, -0.2) is 9.67 Å². The maximum atomic E-state index is 13.4. The van der Waals surface area contributed by atoms with Gasteiger partial charge >= 0.3 is 0 Å². The number of aromatic nitrogens is 3. The average Bonchev–Trinajstić information content (AvgIpc) is 3.29. The highest BCUT2D eigenvalue weighted by Gasteiger charge is 2.27. The fourth-order valence-corrected chi connectivity index (χ4v) is 4.91. The number of hydrogen-bond acceptors (Lipinski definition) is 5. The number of aryl methyl sites for hydroxylation is 2. The molecular weight excluding hydrogens is 382 g/mol. The number of nitriles is 1. The molecule has 29 heavy (non-hydrogen) atoms. The molecular formula is C22H25N5OS. The van der Waals surface area contributed by atoms with Crippen LogP contribution in [0, 0.1) is 31.1 Å². The van der Waals surface area contributed by atoms with E-state index in [-0.39, 0.29) is 17.9 Å². The second-order valence-corrected chi connectivity index (χ2v) is 9.46. The van der Waals surface area contributed by atoms with E-state index in [1.54, 1.807) is 17.5 Å². The van der Waals surface area contributed by atoms with Crippen molar-refractivity contribution in [3.05, 3.63) is 33.6 Å². The minimum Gasteiger partial charge on any atom is -0.339 e. The van der Waals surface area contributed by atoms with Crippen LogP contribution in [-0.4, -0.2) is 38.7 Å². The van der Waals surface area contributed by atoms with Gasteiger partial charge in [0.25, 0.3) is 5.91 Å². The zero-order chi connectivity index (χ0) is 20.7. The van der Waals surface area contributed by atoms with Gasteiger partial charge in [-0.05, 0) is 52.7 Å². The molecule has 0 saturated carbocycles. The second-order valence-electron chi connectivity index (χ2n) is 8.00. The highest BCUT2D eigenvalue weighted by atomic mass is 32.1. The van der Waals surface area contributed by atoms with Crippen LogP contribution < -0.4 is 0 Å². The Bertz CT molecular complexity index is 1110. The third-order valence-corrected chi connectivity index (χ3v) is 6.53. The van der Waals surface area contributed by atoms with Crippen LogP contribution in [0.2, 0.25) is 0 Å². The largest absolute Gasteiger partial charge is 0.339 e. The van der Waals surface area contributed by atoms with E-state index in [1.165, 1.54) is 9.75 Å². The van der Waals surface area contributed by atoms with Gasteiger partial charge in [-0.2, -0.15) is 10.4 Å². The Balaban J connectivity index is 1.83. The Morgan fingerprint density at radius 1 is 1.28 bits per heavy atom. The molecule has 3 aromatic rings. The van der Waals surface area contributed by atoms with Crippen LogP contribution in [0.1, 0.15) is 52.8 Å². The Kier molecular flexibility index (Phi) is 5.13. The normalized spacial score (nSPS) is 15.2. The van der Waals surface area contributed by atoms with Gasteiger partial charge in [-0.15, -0.1) is 11.3 Å². The van der Waals surface area contributed by atoms with Crippen LogP contribution in [0.3, 0.4) is 0 Å². The Labute approximate surface area is 174 Å². The summed E-state index contributed by atoms with van der Waals surface area (Å²) in [6, 6.07) is 6.53. The van der Waals surface area contributed by atoms with E-state index in [9.17, 15) is 4.79 Å². The van der Waals surface area contributed by atoms with Crippen molar-refractivity contribution in [2.24, 2.45) is 5.92 Å². The number of hydrogen-bond donors (Lipinski definition) is 0. The number of rotatable bonds is 3. The quantitative estimate of drug-likeness (QED) is 0.629. The van der Waals surface area contributed by atoms with E-state index in [2.05, 4.69) is 44.9 Å². The smallest absolute Gasteiger partial charge is 0.254 e. The summed E-state index contributed by atoms with van der Waals surface area (Å²) in [5.41, 5.74) is 3.28. The Morgan fingerprint density at radius 3 is 2.59 bits per heavy atom. The summed E-state index contributed by atoms with van der Waals surface area (Å²) in [6.45, 7) is 9.54. The van der Waals surface area contributed by atoms with E-state index in [1.807, 2.05) is 15.6 Å². The number of nitrogens with zero attached hydrogens (tertiary/aromatic N) is 5. The lowest BCUT2D eigenvalue weighted by molar-refractivity contribution is 0.0709. The first-order valence-corrected chi connectivity index (χ1v) is 10.8. The van der Waals surface area contributed by atoms with Gasteiger partial charge in [-0.3, -0.25) is 4.79 Å². The molecule has 4 heterocycles. The van der Waals surface area contributed by atoms with Crippen LogP contribution in [-0.2, 0) is 0 Å². The predicted molar refractivity (Wildman–Crippen MR) is 115 cm³/mol. The van der Waals surface area contributed by atoms with Crippen molar-refractivity contribution in [1.29, 1.82) is 5.26 Å². The summed E-state index contributed by atoms with van der Waals surface area (Å²) in [6.07, 6.45) is 3.22. The third kappa shape index (κ3) is 3.53. The highest BCUT2D eigenvalue weighted by molar-refractivity contribution is 7.12. The fourth-order valence-electron chi connectivity index (χ4n) is 3.98. The molecule has 3 aromatic heterocycles. The molecule has 0 spiro atoms. The number of pyridine rings is 1. The van der Waals surface area contributed by atoms with Crippen molar-refractivity contribution < 1.29 is 4.79 Å². The van der Waals surface area contributed by atoms with Crippen LogP contribution in [0.5, 0.6) is 0 Å². The number of fused-ring (bicyclic) bond motifs is 1.